The predicted molar refractivity (Wildman–Crippen MR) is 90.4 cm³/mol. The number of rotatable bonds is 7. The molecule has 26 heavy (non-hydrogen) atoms. The van der Waals surface area contributed by atoms with E-state index in [1.165, 1.54) is 31.2 Å². The number of carbonyl (C=O) groups excluding carboxylic acids is 3. The zero-order valence-electron chi connectivity index (χ0n) is 14.1. The molecule has 2 aromatic rings. The van der Waals surface area contributed by atoms with Crippen molar-refractivity contribution in [3.63, 3.8) is 0 Å². The van der Waals surface area contributed by atoms with Gasteiger partial charge in [-0.1, -0.05) is 30.3 Å². The van der Waals surface area contributed by atoms with E-state index >= 15 is 0 Å². The largest absolute Gasteiger partial charge is 0.548 e. The standard InChI is InChI=1S/C19H19FN2O4/c1-12(19(25)26)21-18(24)16(11-13-7-9-15(20)10-8-13)22-17(23)14-5-3-2-4-6-14/h2-10,12,16H,11H2,1H3,(H,21,24)(H,22,23)(H,25,26)/p-1/t12-,16-/m1/s1. The summed E-state index contributed by atoms with van der Waals surface area (Å²) in [5, 5.41) is 15.7. The van der Waals surface area contributed by atoms with Crippen LogP contribution in [0.3, 0.4) is 0 Å². The summed E-state index contributed by atoms with van der Waals surface area (Å²) in [6, 6.07) is 11.5. The number of halogens is 1. The molecule has 0 aromatic heterocycles. The molecule has 0 saturated carbocycles. The zero-order chi connectivity index (χ0) is 19.1. The number of benzene rings is 2. The molecule has 7 heteroatoms. The molecule has 0 radical (unpaired) electrons. The van der Waals surface area contributed by atoms with E-state index in [4.69, 9.17) is 0 Å². The van der Waals surface area contributed by atoms with Gasteiger partial charge < -0.3 is 20.5 Å². The summed E-state index contributed by atoms with van der Waals surface area (Å²) < 4.78 is 13.1. The Bertz CT molecular complexity index is 778. The van der Waals surface area contributed by atoms with Gasteiger partial charge in [-0.05, 0) is 36.8 Å². The van der Waals surface area contributed by atoms with Gasteiger partial charge in [0.2, 0.25) is 5.91 Å². The molecule has 0 bridgehead atoms. The smallest absolute Gasteiger partial charge is 0.251 e. The lowest BCUT2D eigenvalue weighted by Crippen LogP contribution is -2.54. The lowest BCUT2D eigenvalue weighted by Gasteiger charge is -2.22. The van der Waals surface area contributed by atoms with Crippen molar-refractivity contribution in [1.29, 1.82) is 0 Å². The molecule has 2 atom stereocenters. The number of aliphatic carboxylic acids is 1. The molecule has 2 rings (SSSR count). The molecule has 2 amide bonds. The van der Waals surface area contributed by atoms with Crippen molar-refractivity contribution in [2.75, 3.05) is 0 Å². The van der Waals surface area contributed by atoms with Gasteiger partial charge >= 0.3 is 0 Å². The minimum atomic E-state index is -1.44. The molecule has 6 nitrogen and oxygen atoms in total. The Kier molecular flexibility index (Phi) is 6.43. The van der Waals surface area contributed by atoms with E-state index in [1.807, 2.05) is 0 Å². The number of carboxylic acid groups (broad SMARTS) is 1. The highest BCUT2D eigenvalue weighted by Crippen LogP contribution is 2.08. The fourth-order valence-electron chi connectivity index (χ4n) is 2.27. The number of hydrogen-bond acceptors (Lipinski definition) is 4. The molecule has 0 aliphatic carbocycles. The Hall–Kier alpha value is -3.22. The Morgan fingerprint density at radius 2 is 1.62 bits per heavy atom. The molecular formula is C19H18FN2O4-. The van der Waals surface area contributed by atoms with Gasteiger partial charge in [-0.3, -0.25) is 9.59 Å². The highest BCUT2D eigenvalue weighted by Gasteiger charge is 2.23. The number of hydrogen-bond donors (Lipinski definition) is 2. The second kappa shape index (κ2) is 8.75. The molecule has 2 aromatic carbocycles. The van der Waals surface area contributed by atoms with Crippen LogP contribution in [0.15, 0.2) is 54.6 Å². The van der Waals surface area contributed by atoms with Crippen LogP contribution in [-0.2, 0) is 16.0 Å². The lowest BCUT2D eigenvalue weighted by molar-refractivity contribution is -0.307. The summed E-state index contributed by atoms with van der Waals surface area (Å²) in [6.07, 6.45) is 0.0739. The maximum Gasteiger partial charge on any atom is 0.251 e. The van der Waals surface area contributed by atoms with E-state index in [0.29, 0.717) is 11.1 Å². The van der Waals surface area contributed by atoms with Crippen LogP contribution in [0.1, 0.15) is 22.8 Å². The van der Waals surface area contributed by atoms with E-state index in [9.17, 15) is 23.9 Å². The average Bonchev–Trinajstić information content (AvgIpc) is 2.63. The van der Waals surface area contributed by atoms with Crippen LogP contribution in [0.5, 0.6) is 0 Å². The van der Waals surface area contributed by atoms with Gasteiger partial charge in [0.25, 0.3) is 5.91 Å². The summed E-state index contributed by atoms with van der Waals surface area (Å²) in [5.74, 6) is -3.01. The first-order chi connectivity index (χ1) is 12.4. The highest BCUT2D eigenvalue weighted by molar-refractivity contribution is 5.98. The van der Waals surface area contributed by atoms with Gasteiger partial charge in [-0.2, -0.15) is 0 Å². The summed E-state index contributed by atoms with van der Waals surface area (Å²) in [6.45, 7) is 1.27. The number of amides is 2. The van der Waals surface area contributed by atoms with Gasteiger partial charge in [-0.25, -0.2) is 4.39 Å². The Labute approximate surface area is 150 Å². The Morgan fingerprint density at radius 1 is 1.00 bits per heavy atom. The topological polar surface area (TPSA) is 98.3 Å². The fraction of sp³-hybridized carbons (Fsp3) is 0.211. The van der Waals surface area contributed by atoms with Crippen molar-refractivity contribution in [3.05, 3.63) is 71.5 Å². The Balaban J connectivity index is 2.17. The quantitative estimate of drug-likeness (QED) is 0.750. The molecule has 136 valence electrons. The minimum Gasteiger partial charge on any atom is -0.548 e. The van der Waals surface area contributed by atoms with Crippen molar-refractivity contribution in [2.45, 2.75) is 25.4 Å². The second-order valence-corrected chi connectivity index (χ2v) is 5.77. The van der Waals surface area contributed by atoms with Crippen LogP contribution in [0.25, 0.3) is 0 Å². The maximum atomic E-state index is 13.1. The van der Waals surface area contributed by atoms with Gasteiger partial charge in [-0.15, -0.1) is 0 Å². The molecule has 0 aliphatic heterocycles. The molecule has 0 unspecified atom stereocenters. The third-order valence-corrected chi connectivity index (χ3v) is 3.72. The lowest BCUT2D eigenvalue weighted by atomic mass is 10.0. The van der Waals surface area contributed by atoms with Crippen molar-refractivity contribution < 1.29 is 23.9 Å². The normalized spacial score (nSPS) is 12.7. The molecule has 0 fully saturated rings. The molecule has 0 saturated heterocycles. The number of carboxylic acids is 1. The first-order valence-corrected chi connectivity index (χ1v) is 7.98. The van der Waals surface area contributed by atoms with Crippen LogP contribution < -0.4 is 15.7 Å². The summed E-state index contributed by atoms with van der Waals surface area (Å²) in [7, 11) is 0. The molecule has 2 N–H and O–H groups in total. The van der Waals surface area contributed by atoms with E-state index < -0.39 is 35.7 Å². The zero-order valence-corrected chi connectivity index (χ0v) is 14.1. The van der Waals surface area contributed by atoms with Crippen LogP contribution in [0.2, 0.25) is 0 Å². The van der Waals surface area contributed by atoms with Crippen LogP contribution in [0, 0.1) is 5.82 Å². The first-order valence-electron chi connectivity index (χ1n) is 7.98. The van der Waals surface area contributed by atoms with E-state index in [-0.39, 0.29) is 6.42 Å². The van der Waals surface area contributed by atoms with E-state index in [0.717, 1.165) is 0 Å². The van der Waals surface area contributed by atoms with Crippen LogP contribution in [-0.4, -0.2) is 29.9 Å². The summed E-state index contributed by atoms with van der Waals surface area (Å²) in [5.41, 5.74) is 0.971. The van der Waals surface area contributed by atoms with Crippen molar-refractivity contribution in [3.8, 4) is 0 Å². The van der Waals surface area contributed by atoms with Crippen molar-refractivity contribution in [2.24, 2.45) is 0 Å². The van der Waals surface area contributed by atoms with E-state index in [2.05, 4.69) is 10.6 Å². The third-order valence-electron chi connectivity index (χ3n) is 3.72. The highest BCUT2D eigenvalue weighted by atomic mass is 19.1. The predicted octanol–water partition coefficient (Wildman–Crippen LogP) is 0.421. The van der Waals surface area contributed by atoms with Gasteiger partial charge in [0.15, 0.2) is 0 Å². The SMILES string of the molecule is C[C@@H](NC(=O)[C@@H](Cc1ccc(F)cc1)NC(=O)c1ccccc1)C(=O)[O-]. The first kappa shape index (κ1) is 19.1. The third kappa shape index (κ3) is 5.41. The van der Waals surface area contributed by atoms with Crippen molar-refractivity contribution >= 4 is 17.8 Å². The maximum absolute atomic E-state index is 13.1. The van der Waals surface area contributed by atoms with Gasteiger partial charge in [0, 0.05) is 12.0 Å². The van der Waals surface area contributed by atoms with Gasteiger partial charge in [0.05, 0.1) is 12.0 Å². The van der Waals surface area contributed by atoms with Gasteiger partial charge in [0.1, 0.15) is 11.9 Å². The molecular weight excluding hydrogens is 339 g/mol. The average molecular weight is 357 g/mol. The fourth-order valence-corrected chi connectivity index (χ4v) is 2.27. The van der Waals surface area contributed by atoms with Crippen LogP contribution >= 0.6 is 0 Å². The summed E-state index contributed by atoms with van der Waals surface area (Å²) >= 11 is 0. The minimum absolute atomic E-state index is 0.0739. The molecule has 0 aliphatic rings. The number of carbonyl (C=O) groups is 3. The Morgan fingerprint density at radius 3 is 2.19 bits per heavy atom. The molecule has 0 heterocycles. The van der Waals surface area contributed by atoms with Crippen LogP contribution in [0.4, 0.5) is 4.39 Å². The molecule has 0 spiro atoms. The van der Waals surface area contributed by atoms with E-state index in [1.54, 1.807) is 30.3 Å². The monoisotopic (exact) mass is 357 g/mol. The van der Waals surface area contributed by atoms with Crippen molar-refractivity contribution in [1.82, 2.24) is 10.6 Å². The number of nitrogens with one attached hydrogen (secondary N) is 2. The summed E-state index contributed by atoms with van der Waals surface area (Å²) in [4.78, 5) is 35.6. The second-order valence-electron chi connectivity index (χ2n) is 5.77.